The zero-order valence-corrected chi connectivity index (χ0v) is 6.97. The van der Waals surface area contributed by atoms with Crippen LogP contribution in [0.2, 0.25) is 0 Å². The molecule has 0 bridgehead atoms. The number of esters is 1. The van der Waals surface area contributed by atoms with E-state index in [-0.39, 0.29) is 5.97 Å². The molecule has 0 rings (SSSR count). The van der Waals surface area contributed by atoms with Crippen LogP contribution in [0.4, 0.5) is 0 Å². The minimum absolute atomic E-state index is 0.234. The topological polar surface area (TPSA) is 35.5 Å². The maximum absolute atomic E-state index is 10.3. The van der Waals surface area contributed by atoms with Crippen molar-refractivity contribution in [3.05, 3.63) is 6.92 Å². The first kappa shape index (κ1) is 10.4. The molecule has 1 radical (unpaired) electrons. The van der Waals surface area contributed by atoms with Crippen LogP contribution in [0.15, 0.2) is 0 Å². The summed E-state index contributed by atoms with van der Waals surface area (Å²) in [7, 11) is 0. The smallest absolute Gasteiger partial charge is 0.302 e. The van der Waals surface area contributed by atoms with Crippen molar-refractivity contribution in [2.45, 2.75) is 19.8 Å². The van der Waals surface area contributed by atoms with Crippen LogP contribution in [-0.2, 0) is 14.3 Å². The molecule has 0 heterocycles. The third kappa shape index (κ3) is 9.43. The SMILES string of the molecule is [CH2]CCOCCCOC(C)=O. The van der Waals surface area contributed by atoms with Gasteiger partial charge in [0, 0.05) is 26.6 Å². The maximum atomic E-state index is 10.3. The molecule has 0 N–H and O–H groups in total. The summed E-state index contributed by atoms with van der Waals surface area (Å²) in [6.07, 6.45) is 1.55. The lowest BCUT2D eigenvalue weighted by molar-refractivity contribution is -0.141. The third-order valence-corrected chi connectivity index (χ3v) is 1.03. The molecule has 3 nitrogen and oxygen atoms in total. The van der Waals surface area contributed by atoms with E-state index in [0.29, 0.717) is 19.8 Å². The third-order valence-electron chi connectivity index (χ3n) is 1.03. The summed E-state index contributed by atoms with van der Waals surface area (Å²) in [6, 6.07) is 0. The molecule has 0 amide bonds. The van der Waals surface area contributed by atoms with Gasteiger partial charge in [-0.25, -0.2) is 0 Å². The standard InChI is InChI=1S/C8H15O3/c1-3-5-10-6-4-7-11-8(2)9/h1,3-7H2,2H3. The molecule has 3 heteroatoms. The summed E-state index contributed by atoms with van der Waals surface area (Å²) in [5, 5.41) is 0. The number of carbonyl (C=O) groups excluding carboxylic acids is 1. The lowest BCUT2D eigenvalue weighted by Crippen LogP contribution is -2.04. The predicted molar refractivity (Wildman–Crippen MR) is 42.0 cm³/mol. The molecule has 0 unspecified atom stereocenters. The first-order chi connectivity index (χ1) is 5.27. The Bertz CT molecular complexity index is 102. The van der Waals surface area contributed by atoms with Gasteiger partial charge in [0.1, 0.15) is 0 Å². The van der Waals surface area contributed by atoms with Crippen molar-refractivity contribution in [1.82, 2.24) is 0 Å². The molecule has 0 saturated heterocycles. The van der Waals surface area contributed by atoms with Gasteiger partial charge in [0.25, 0.3) is 0 Å². The second-order valence-corrected chi connectivity index (χ2v) is 2.16. The van der Waals surface area contributed by atoms with E-state index in [4.69, 9.17) is 4.74 Å². The van der Waals surface area contributed by atoms with Gasteiger partial charge in [0.15, 0.2) is 0 Å². The van der Waals surface area contributed by atoms with Crippen molar-refractivity contribution < 1.29 is 14.3 Å². The molecule has 11 heavy (non-hydrogen) atoms. The van der Waals surface area contributed by atoms with Crippen LogP contribution in [0.5, 0.6) is 0 Å². The largest absolute Gasteiger partial charge is 0.466 e. The average Bonchev–Trinajstić information content (AvgIpc) is 1.96. The van der Waals surface area contributed by atoms with Gasteiger partial charge in [-0.3, -0.25) is 4.79 Å². The van der Waals surface area contributed by atoms with Crippen LogP contribution < -0.4 is 0 Å². The predicted octanol–water partition coefficient (Wildman–Crippen LogP) is 1.18. The van der Waals surface area contributed by atoms with Crippen molar-refractivity contribution in [1.29, 1.82) is 0 Å². The van der Waals surface area contributed by atoms with Crippen LogP contribution in [-0.4, -0.2) is 25.8 Å². The molecule has 0 aromatic heterocycles. The molecule has 0 saturated carbocycles. The molecule has 0 aliphatic rings. The van der Waals surface area contributed by atoms with Gasteiger partial charge >= 0.3 is 5.97 Å². The number of rotatable bonds is 6. The van der Waals surface area contributed by atoms with E-state index in [1.807, 2.05) is 0 Å². The summed E-state index contributed by atoms with van der Waals surface area (Å²) < 4.78 is 9.80. The van der Waals surface area contributed by atoms with Gasteiger partial charge in [-0.05, 0) is 6.42 Å². The Kier molecular flexibility index (Phi) is 7.15. The summed E-state index contributed by atoms with van der Waals surface area (Å²) in [6.45, 7) is 6.79. The molecule has 0 aliphatic carbocycles. The molecule has 0 atom stereocenters. The normalized spacial score (nSPS) is 9.64. The van der Waals surface area contributed by atoms with E-state index < -0.39 is 0 Å². The average molecular weight is 159 g/mol. The van der Waals surface area contributed by atoms with Gasteiger partial charge < -0.3 is 9.47 Å². The number of hydrogen-bond acceptors (Lipinski definition) is 3. The molecular formula is C8H15O3. The summed E-state index contributed by atoms with van der Waals surface area (Å²) in [4.78, 5) is 10.3. The van der Waals surface area contributed by atoms with Crippen molar-refractivity contribution in [2.24, 2.45) is 0 Å². The van der Waals surface area contributed by atoms with Crippen molar-refractivity contribution in [3.63, 3.8) is 0 Å². The summed E-state index contributed by atoms with van der Waals surface area (Å²) in [5.74, 6) is -0.234. The lowest BCUT2D eigenvalue weighted by Gasteiger charge is -2.02. The highest BCUT2D eigenvalue weighted by Crippen LogP contribution is 1.86. The fraction of sp³-hybridized carbons (Fsp3) is 0.750. The molecule has 0 fully saturated rings. The molecule has 0 aromatic rings. The van der Waals surface area contributed by atoms with E-state index in [2.05, 4.69) is 11.7 Å². The van der Waals surface area contributed by atoms with E-state index >= 15 is 0 Å². The lowest BCUT2D eigenvalue weighted by atomic mass is 10.5. The van der Waals surface area contributed by atoms with Gasteiger partial charge in [-0.1, -0.05) is 6.92 Å². The Morgan fingerprint density at radius 3 is 2.64 bits per heavy atom. The van der Waals surface area contributed by atoms with Crippen LogP contribution in [0.1, 0.15) is 19.8 Å². The first-order valence-electron chi connectivity index (χ1n) is 3.77. The number of ether oxygens (including phenoxy) is 2. The fourth-order valence-electron chi connectivity index (χ4n) is 0.581. The van der Waals surface area contributed by atoms with E-state index in [0.717, 1.165) is 12.8 Å². The summed E-state index contributed by atoms with van der Waals surface area (Å²) >= 11 is 0. The first-order valence-corrected chi connectivity index (χ1v) is 3.77. The van der Waals surface area contributed by atoms with Crippen molar-refractivity contribution >= 4 is 5.97 Å². The zero-order valence-electron chi connectivity index (χ0n) is 6.97. The quantitative estimate of drug-likeness (QED) is 0.431. The molecule has 0 aromatic carbocycles. The maximum Gasteiger partial charge on any atom is 0.302 e. The van der Waals surface area contributed by atoms with E-state index in [1.54, 1.807) is 0 Å². The van der Waals surface area contributed by atoms with Crippen LogP contribution in [0.3, 0.4) is 0 Å². The molecule has 0 spiro atoms. The van der Waals surface area contributed by atoms with Crippen LogP contribution in [0.25, 0.3) is 0 Å². The van der Waals surface area contributed by atoms with Crippen LogP contribution >= 0.6 is 0 Å². The highest BCUT2D eigenvalue weighted by molar-refractivity contribution is 5.65. The Morgan fingerprint density at radius 1 is 1.36 bits per heavy atom. The van der Waals surface area contributed by atoms with Gasteiger partial charge in [0.05, 0.1) is 6.61 Å². The van der Waals surface area contributed by atoms with E-state index in [1.165, 1.54) is 6.92 Å². The second kappa shape index (κ2) is 7.54. The van der Waals surface area contributed by atoms with Crippen LogP contribution in [0, 0.1) is 6.92 Å². The highest BCUT2D eigenvalue weighted by Gasteiger charge is 1.91. The monoisotopic (exact) mass is 159 g/mol. The number of hydrogen-bond donors (Lipinski definition) is 0. The Labute approximate surface area is 67.7 Å². The van der Waals surface area contributed by atoms with E-state index in [9.17, 15) is 4.79 Å². The van der Waals surface area contributed by atoms with Gasteiger partial charge in [-0.15, -0.1) is 0 Å². The highest BCUT2D eigenvalue weighted by atomic mass is 16.5. The van der Waals surface area contributed by atoms with Crippen molar-refractivity contribution in [2.75, 3.05) is 19.8 Å². The van der Waals surface area contributed by atoms with Gasteiger partial charge in [-0.2, -0.15) is 0 Å². The summed E-state index contributed by atoms with van der Waals surface area (Å²) in [5.41, 5.74) is 0. The molecule has 0 aliphatic heterocycles. The Balaban J connectivity index is 2.85. The zero-order chi connectivity index (χ0) is 8.53. The fourth-order valence-corrected chi connectivity index (χ4v) is 0.581. The molecular weight excluding hydrogens is 144 g/mol. The van der Waals surface area contributed by atoms with Crippen molar-refractivity contribution in [3.8, 4) is 0 Å². The number of carbonyl (C=O) groups is 1. The minimum Gasteiger partial charge on any atom is -0.466 e. The second-order valence-electron chi connectivity index (χ2n) is 2.16. The Morgan fingerprint density at radius 2 is 2.09 bits per heavy atom. The Hall–Kier alpha value is -0.570. The molecule has 65 valence electrons. The minimum atomic E-state index is -0.234. The van der Waals surface area contributed by atoms with Gasteiger partial charge in [0.2, 0.25) is 0 Å².